The molecule has 2 fully saturated rings. The van der Waals surface area contributed by atoms with Gasteiger partial charge in [0, 0.05) is 6.42 Å². The van der Waals surface area contributed by atoms with Crippen molar-refractivity contribution in [1.29, 1.82) is 0 Å². The number of hydrogen-bond acceptors (Lipinski definition) is 2. The molecule has 19 heavy (non-hydrogen) atoms. The lowest BCUT2D eigenvalue weighted by Gasteiger charge is -2.34. The molecule has 2 nitrogen and oxygen atoms in total. The summed E-state index contributed by atoms with van der Waals surface area (Å²) >= 11 is 0. The van der Waals surface area contributed by atoms with Crippen LogP contribution in [0.1, 0.15) is 64.7 Å². The van der Waals surface area contributed by atoms with Gasteiger partial charge in [-0.15, -0.1) is 0 Å². The summed E-state index contributed by atoms with van der Waals surface area (Å²) in [5, 5.41) is 0. The Balaban J connectivity index is 1.75. The van der Waals surface area contributed by atoms with E-state index in [1.165, 1.54) is 44.9 Å². The van der Waals surface area contributed by atoms with E-state index in [2.05, 4.69) is 20.0 Å². The third kappa shape index (κ3) is 3.84. The fraction of sp³-hybridized carbons (Fsp3) is 0.938. The average Bonchev–Trinajstić information content (AvgIpc) is 2.96. The number of carbonyl (C=O) groups excluding carboxylic acids is 1. The van der Waals surface area contributed by atoms with E-state index in [9.17, 15) is 4.79 Å². The first kappa shape index (κ1) is 15.1. The molecule has 2 saturated carbocycles. The number of hydrogen-bond donors (Lipinski definition) is 0. The Morgan fingerprint density at radius 2 is 1.95 bits per heavy atom. The molecule has 0 aromatic rings. The molecule has 3 atom stereocenters. The largest absolute Gasteiger partial charge is 0.519 e. The molecular formula is C16H30O2Si. The number of carbonyl (C=O) groups is 1. The van der Waals surface area contributed by atoms with Gasteiger partial charge in [-0.3, -0.25) is 4.79 Å². The van der Waals surface area contributed by atoms with Gasteiger partial charge in [-0.2, -0.15) is 0 Å². The van der Waals surface area contributed by atoms with E-state index in [0.717, 1.165) is 23.8 Å². The molecule has 0 aromatic heterocycles. The van der Waals surface area contributed by atoms with Crippen LogP contribution in [-0.2, 0) is 9.22 Å². The number of rotatable bonds is 7. The minimum atomic E-state index is -1.80. The molecule has 0 N–H and O–H groups in total. The van der Waals surface area contributed by atoms with Crippen molar-refractivity contribution in [2.24, 2.45) is 11.8 Å². The third-order valence-corrected chi connectivity index (χ3v) is 8.49. The number of unbranched alkanes of at least 4 members (excludes halogenated alkanes) is 3. The molecule has 0 radical (unpaired) electrons. The second kappa shape index (κ2) is 6.42. The molecule has 2 rings (SSSR count). The van der Waals surface area contributed by atoms with Gasteiger partial charge in [-0.1, -0.05) is 39.0 Å². The molecule has 0 unspecified atom stereocenters. The maximum Gasteiger partial charge on any atom is 0.292 e. The summed E-state index contributed by atoms with van der Waals surface area (Å²) in [6, 6.07) is 0. The van der Waals surface area contributed by atoms with Gasteiger partial charge in [0.15, 0.2) is 0 Å². The Hall–Kier alpha value is -0.313. The Morgan fingerprint density at radius 3 is 2.53 bits per heavy atom. The Bertz CT molecular complexity index is 314. The molecule has 3 heteroatoms. The molecule has 0 spiro atoms. The van der Waals surface area contributed by atoms with Gasteiger partial charge in [0.1, 0.15) is 0 Å². The van der Waals surface area contributed by atoms with Crippen molar-refractivity contribution in [2.75, 3.05) is 0 Å². The topological polar surface area (TPSA) is 26.3 Å². The van der Waals surface area contributed by atoms with E-state index in [0.29, 0.717) is 6.42 Å². The van der Waals surface area contributed by atoms with Crippen molar-refractivity contribution < 1.29 is 9.22 Å². The molecule has 0 aliphatic heterocycles. The summed E-state index contributed by atoms with van der Waals surface area (Å²) in [7, 11) is -1.80. The van der Waals surface area contributed by atoms with Gasteiger partial charge in [0.2, 0.25) is 0 Å². The molecular weight excluding hydrogens is 252 g/mol. The van der Waals surface area contributed by atoms with Crippen LogP contribution in [-0.4, -0.2) is 14.3 Å². The smallest absolute Gasteiger partial charge is 0.292 e. The van der Waals surface area contributed by atoms with Crippen molar-refractivity contribution >= 4 is 14.3 Å². The lowest BCUT2D eigenvalue weighted by molar-refractivity contribution is -0.135. The lowest BCUT2D eigenvalue weighted by Crippen LogP contribution is -2.41. The summed E-state index contributed by atoms with van der Waals surface area (Å²) in [5.41, 5.74) is 0.742. The molecule has 2 aliphatic rings. The van der Waals surface area contributed by atoms with E-state index in [1.807, 2.05) is 0 Å². The fourth-order valence-electron chi connectivity index (χ4n) is 4.21. The molecule has 2 aliphatic carbocycles. The van der Waals surface area contributed by atoms with Crippen molar-refractivity contribution in [3.05, 3.63) is 0 Å². The zero-order valence-electron chi connectivity index (χ0n) is 12.9. The number of fused-ring (bicyclic) bond motifs is 2. The first-order chi connectivity index (χ1) is 9.03. The highest BCUT2D eigenvalue weighted by Crippen LogP contribution is 2.55. The van der Waals surface area contributed by atoms with E-state index in [-0.39, 0.29) is 5.97 Å². The van der Waals surface area contributed by atoms with E-state index < -0.39 is 8.32 Å². The summed E-state index contributed by atoms with van der Waals surface area (Å²) < 4.78 is 5.95. The summed E-state index contributed by atoms with van der Waals surface area (Å²) in [6.45, 7) is 6.73. The minimum absolute atomic E-state index is 0.0792. The van der Waals surface area contributed by atoms with Crippen LogP contribution in [0.25, 0.3) is 0 Å². The Kier molecular flexibility index (Phi) is 5.10. The van der Waals surface area contributed by atoms with Crippen molar-refractivity contribution in [2.45, 2.75) is 83.3 Å². The molecule has 0 amide bonds. The van der Waals surface area contributed by atoms with Crippen molar-refractivity contribution in [1.82, 2.24) is 0 Å². The highest BCUT2D eigenvalue weighted by molar-refractivity contribution is 6.74. The van der Waals surface area contributed by atoms with Crippen molar-refractivity contribution in [3.63, 3.8) is 0 Å². The normalized spacial score (nSPS) is 29.7. The first-order valence-electron chi connectivity index (χ1n) is 8.24. The van der Waals surface area contributed by atoms with Crippen LogP contribution in [0.5, 0.6) is 0 Å². The van der Waals surface area contributed by atoms with Gasteiger partial charge in [-0.25, -0.2) is 0 Å². The third-order valence-electron chi connectivity index (χ3n) is 5.24. The van der Waals surface area contributed by atoms with Gasteiger partial charge >= 0.3 is 0 Å². The van der Waals surface area contributed by atoms with E-state index in [1.54, 1.807) is 0 Å². The summed E-state index contributed by atoms with van der Waals surface area (Å²) in [6.07, 6.45) is 10.8. The molecule has 0 saturated heterocycles. The van der Waals surface area contributed by atoms with Crippen molar-refractivity contribution in [3.8, 4) is 0 Å². The second-order valence-electron chi connectivity index (χ2n) is 7.17. The van der Waals surface area contributed by atoms with Crippen LogP contribution in [0, 0.1) is 11.8 Å². The van der Waals surface area contributed by atoms with Gasteiger partial charge in [0.05, 0.1) is 0 Å². The summed E-state index contributed by atoms with van der Waals surface area (Å²) in [5.74, 6) is 1.90. The quantitative estimate of drug-likeness (QED) is 0.490. The Morgan fingerprint density at radius 1 is 1.16 bits per heavy atom. The van der Waals surface area contributed by atoms with Crippen LogP contribution >= 0.6 is 0 Å². The molecule has 0 aromatic carbocycles. The second-order valence-corrected chi connectivity index (χ2v) is 11.3. The monoisotopic (exact) mass is 282 g/mol. The molecule has 110 valence electrons. The zero-order valence-corrected chi connectivity index (χ0v) is 13.9. The molecule has 2 bridgehead atoms. The average molecular weight is 282 g/mol. The minimum Gasteiger partial charge on any atom is -0.519 e. The zero-order chi connectivity index (χ0) is 13.9. The van der Waals surface area contributed by atoms with Gasteiger partial charge in [0.25, 0.3) is 14.3 Å². The maximum absolute atomic E-state index is 12.0. The van der Waals surface area contributed by atoms with E-state index >= 15 is 0 Å². The maximum atomic E-state index is 12.0. The lowest BCUT2D eigenvalue weighted by atomic mass is 10.0. The highest BCUT2D eigenvalue weighted by Gasteiger charge is 2.50. The SMILES string of the molecule is CCCCCCC(=O)O[Si](C)(C)[C@H]1C[C@@H]2CC[C@H]1C2. The van der Waals surface area contributed by atoms with Crippen LogP contribution in [0.15, 0.2) is 0 Å². The van der Waals surface area contributed by atoms with Crippen LogP contribution in [0.4, 0.5) is 0 Å². The van der Waals surface area contributed by atoms with Gasteiger partial charge in [-0.05, 0) is 49.7 Å². The molecule has 0 heterocycles. The predicted molar refractivity (Wildman–Crippen MR) is 81.5 cm³/mol. The standard InChI is InChI=1S/C16H30O2Si/c1-4-5-6-7-8-16(17)18-19(2,3)15-12-13-9-10-14(15)11-13/h13-15H,4-12H2,1-3H3/t13-,14+,15+/m1/s1. The first-order valence-corrected chi connectivity index (χ1v) is 11.2. The van der Waals surface area contributed by atoms with Crippen LogP contribution < -0.4 is 0 Å². The Labute approximate surface area is 119 Å². The van der Waals surface area contributed by atoms with E-state index in [4.69, 9.17) is 4.43 Å². The predicted octanol–water partition coefficient (Wildman–Crippen LogP) is 4.90. The van der Waals surface area contributed by atoms with Crippen LogP contribution in [0.2, 0.25) is 18.6 Å². The highest BCUT2D eigenvalue weighted by atomic mass is 28.4. The fourth-order valence-corrected chi connectivity index (χ4v) is 7.39. The summed E-state index contributed by atoms with van der Waals surface area (Å²) in [4.78, 5) is 12.0. The van der Waals surface area contributed by atoms with Gasteiger partial charge < -0.3 is 4.43 Å². The van der Waals surface area contributed by atoms with Crippen LogP contribution in [0.3, 0.4) is 0 Å².